The van der Waals surface area contributed by atoms with E-state index in [4.69, 9.17) is 9.47 Å². The van der Waals surface area contributed by atoms with Crippen molar-refractivity contribution in [2.75, 3.05) is 19.0 Å². The number of para-hydroxylation sites is 1. The molecule has 0 saturated heterocycles. The molecule has 0 aliphatic carbocycles. The van der Waals surface area contributed by atoms with E-state index in [9.17, 15) is 4.79 Å². The normalized spacial score (nSPS) is 16.0. The monoisotopic (exact) mass is 343 g/mol. The summed E-state index contributed by atoms with van der Waals surface area (Å²) in [6, 6.07) is 15.7. The van der Waals surface area contributed by atoms with E-state index in [1.807, 2.05) is 55.5 Å². The molecule has 1 aliphatic heterocycles. The van der Waals surface area contributed by atoms with E-state index in [0.29, 0.717) is 19.0 Å². The first kappa shape index (κ1) is 16.7. The van der Waals surface area contributed by atoms with Crippen molar-refractivity contribution in [1.29, 1.82) is 0 Å². The number of ether oxygens (including phenoxy) is 2. The van der Waals surface area contributed by atoms with Crippen molar-refractivity contribution in [2.24, 2.45) is 0 Å². The Bertz CT molecular complexity index is 687. The van der Waals surface area contributed by atoms with Crippen LogP contribution in [0.4, 0.5) is 0 Å². The summed E-state index contributed by atoms with van der Waals surface area (Å²) in [4.78, 5) is 13.3. The Balaban J connectivity index is 1.53. The summed E-state index contributed by atoms with van der Waals surface area (Å²) in [5.41, 5.74) is 1.06. The molecule has 5 heteroatoms. The molecule has 24 heavy (non-hydrogen) atoms. The van der Waals surface area contributed by atoms with Gasteiger partial charge in [-0.05, 0) is 37.3 Å². The zero-order chi connectivity index (χ0) is 16.8. The molecule has 0 saturated carbocycles. The van der Waals surface area contributed by atoms with Crippen molar-refractivity contribution in [3.05, 3.63) is 54.1 Å². The maximum Gasteiger partial charge on any atom is 0.230 e. The van der Waals surface area contributed by atoms with Crippen molar-refractivity contribution in [3.8, 4) is 11.5 Å². The largest absolute Gasteiger partial charge is 0.494 e. The van der Waals surface area contributed by atoms with E-state index in [1.165, 1.54) is 11.8 Å². The molecule has 1 N–H and O–H groups in total. The van der Waals surface area contributed by atoms with Crippen molar-refractivity contribution in [2.45, 2.75) is 24.3 Å². The summed E-state index contributed by atoms with van der Waals surface area (Å²) in [7, 11) is 0. The third kappa shape index (κ3) is 4.23. The van der Waals surface area contributed by atoms with Crippen molar-refractivity contribution < 1.29 is 14.3 Å². The lowest BCUT2D eigenvalue weighted by Crippen LogP contribution is -2.33. The van der Waals surface area contributed by atoms with Crippen LogP contribution < -0.4 is 14.8 Å². The highest BCUT2D eigenvalue weighted by Crippen LogP contribution is 2.31. The number of nitrogens with one attached hydrogen (secondary N) is 1. The maximum atomic E-state index is 12.3. The van der Waals surface area contributed by atoms with Gasteiger partial charge < -0.3 is 14.8 Å². The summed E-state index contributed by atoms with van der Waals surface area (Å²) in [6.45, 7) is 3.25. The van der Waals surface area contributed by atoms with Gasteiger partial charge in [0.2, 0.25) is 5.91 Å². The molecule has 2 aromatic carbocycles. The maximum absolute atomic E-state index is 12.3. The van der Waals surface area contributed by atoms with Crippen LogP contribution in [0.1, 0.15) is 24.9 Å². The van der Waals surface area contributed by atoms with Crippen LogP contribution in [0.5, 0.6) is 11.5 Å². The Morgan fingerprint density at radius 1 is 1.25 bits per heavy atom. The van der Waals surface area contributed by atoms with E-state index in [1.54, 1.807) is 0 Å². The molecule has 126 valence electrons. The van der Waals surface area contributed by atoms with Gasteiger partial charge in [-0.1, -0.05) is 18.2 Å². The average molecular weight is 343 g/mol. The summed E-state index contributed by atoms with van der Waals surface area (Å²) in [5.74, 6) is 2.15. The minimum Gasteiger partial charge on any atom is -0.494 e. The fraction of sp³-hybridized carbons (Fsp3) is 0.316. The molecule has 1 amide bonds. The van der Waals surface area contributed by atoms with Crippen LogP contribution >= 0.6 is 11.8 Å². The SMILES string of the molecule is CCOc1ccc(SCC(=O)NC2CCOc3ccccc32)cc1. The molecule has 1 atom stereocenters. The van der Waals surface area contributed by atoms with Crippen LogP contribution in [-0.2, 0) is 4.79 Å². The van der Waals surface area contributed by atoms with Gasteiger partial charge in [-0.3, -0.25) is 4.79 Å². The quantitative estimate of drug-likeness (QED) is 0.810. The van der Waals surface area contributed by atoms with Gasteiger partial charge in [0.1, 0.15) is 11.5 Å². The Hall–Kier alpha value is -2.14. The topological polar surface area (TPSA) is 47.6 Å². The number of amides is 1. The summed E-state index contributed by atoms with van der Waals surface area (Å²) < 4.78 is 11.0. The standard InChI is InChI=1S/C19H21NO3S/c1-2-22-14-7-9-15(10-8-14)24-13-19(21)20-17-11-12-23-18-6-4-3-5-16(17)18/h3-10,17H,2,11-13H2,1H3,(H,20,21). The van der Waals surface area contributed by atoms with Gasteiger partial charge in [-0.25, -0.2) is 0 Å². The first-order chi connectivity index (χ1) is 11.8. The van der Waals surface area contributed by atoms with E-state index >= 15 is 0 Å². The molecule has 1 unspecified atom stereocenters. The van der Waals surface area contributed by atoms with Crippen LogP contribution in [0.15, 0.2) is 53.4 Å². The second kappa shape index (κ2) is 8.11. The molecule has 0 aromatic heterocycles. The Morgan fingerprint density at radius 3 is 2.83 bits per heavy atom. The second-order valence-electron chi connectivity index (χ2n) is 5.49. The lowest BCUT2D eigenvalue weighted by Gasteiger charge is -2.26. The Kier molecular flexibility index (Phi) is 5.64. The van der Waals surface area contributed by atoms with E-state index < -0.39 is 0 Å². The number of benzene rings is 2. The van der Waals surface area contributed by atoms with Gasteiger partial charge in [0, 0.05) is 16.9 Å². The van der Waals surface area contributed by atoms with Crippen molar-refractivity contribution in [1.82, 2.24) is 5.32 Å². The second-order valence-corrected chi connectivity index (χ2v) is 6.54. The molecule has 0 bridgehead atoms. The van der Waals surface area contributed by atoms with Gasteiger partial charge in [0.15, 0.2) is 0 Å². The van der Waals surface area contributed by atoms with Crippen LogP contribution in [0.3, 0.4) is 0 Å². The van der Waals surface area contributed by atoms with Crippen LogP contribution in [0.2, 0.25) is 0 Å². The molecular weight excluding hydrogens is 322 g/mol. The lowest BCUT2D eigenvalue weighted by atomic mass is 10.0. The summed E-state index contributed by atoms with van der Waals surface area (Å²) in [5, 5.41) is 3.11. The molecule has 0 fully saturated rings. The predicted molar refractivity (Wildman–Crippen MR) is 95.8 cm³/mol. The van der Waals surface area contributed by atoms with E-state index in [0.717, 1.165) is 28.4 Å². The lowest BCUT2D eigenvalue weighted by molar-refractivity contribution is -0.119. The first-order valence-electron chi connectivity index (χ1n) is 8.13. The highest BCUT2D eigenvalue weighted by Gasteiger charge is 2.22. The summed E-state index contributed by atoms with van der Waals surface area (Å²) >= 11 is 1.53. The minimum atomic E-state index is 0.0309. The minimum absolute atomic E-state index is 0.0309. The van der Waals surface area contributed by atoms with Gasteiger partial charge in [-0.2, -0.15) is 0 Å². The first-order valence-corrected chi connectivity index (χ1v) is 9.11. The van der Waals surface area contributed by atoms with Crippen molar-refractivity contribution >= 4 is 17.7 Å². The number of carbonyl (C=O) groups is 1. The van der Waals surface area contributed by atoms with Gasteiger partial charge in [0.25, 0.3) is 0 Å². The Labute approximate surface area is 146 Å². The third-order valence-electron chi connectivity index (χ3n) is 3.80. The number of thioether (sulfide) groups is 1. The van der Waals surface area contributed by atoms with E-state index in [-0.39, 0.29) is 11.9 Å². The molecule has 0 radical (unpaired) electrons. The molecule has 4 nitrogen and oxygen atoms in total. The number of fused-ring (bicyclic) bond motifs is 1. The smallest absolute Gasteiger partial charge is 0.230 e. The zero-order valence-electron chi connectivity index (χ0n) is 13.7. The van der Waals surface area contributed by atoms with Gasteiger partial charge in [-0.15, -0.1) is 11.8 Å². The molecule has 3 rings (SSSR count). The predicted octanol–water partition coefficient (Wildman–Crippen LogP) is 3.82. The third-order valence-corrected chi connectivity index (χ3v) is 4.81. The highest BCUT2D eigenvalue weighted by atomic mass is 32.2. The molecule has 1 heterocycles. The number of rotatable bonds is 6. The van der Waals surface area contributed by atoms with Crippen molar-refractivity contribution in [3.63, 3.8) is 0 Å². The molecule has 2 aromatic rings. The Morgan fingerprint density at radius 2 is 2.04 bits per heavy atom. The fourth-order valence-corrected chi connectivity index (χ4v) is 3.39. The fourth-order valence-electron chi connectivity index (χ4n) is 2.68. The van der Waals surface area contributed by atoms with Crippen LogP contribution in [0.25, 0.3) is 0 Å². The number of carbonyl (C=O) groups excluding carboxylic acids is 1. The highest BCUT2D eigenvalue weighted by molar-refractivity contribution is 8.00. The molecule has 0 spiro atoms. The molecular formula is C19H21NO3S. The number of hydrogen-bond donors (Lipinski definition) is 1. The summed E-state index contributed by atoms with van der Waals surface area (Å²) in [6.07, 6.45) is 0.802. The number of hydrogen-bond acceptors (Lipinski definition) is 4. The van der Waals surface area contributed by atoms with E-state index in [2.05, 4.69) is 5.32 Å². The molecule has 1 aliphatic rings. The van der Waals surface area contributed by atoms with Gasteiger partial charge >= 0.3 is 0 Å². The van der Waals surface area contributed by atoms with Gasteiger partial charge in [0.05, 0.1) is 25.0 Å². The van der Waals surface area contributed by atoms with Crippen LogP contribution in [0, 0.1) is 0 Å². The van der Waals surface area contributed by atoms with Crippen LogP contribution in [-0.4, -0.2) is 24.9 Å². The average Bonchev–Trinajstić information content (AvgIpc) is 2.62. The zero-order valence-corrected chi connectivity index (χ0v) is 14.5.